The summed E-state index contributed by atoms with van der Waals surface area (Å²) >= 11 is 1.62. The second kappa shape index (κ2) is 8.27. The Bertz CT molecular complexity index is 727. The Labute approximate surface area is 152 Å². The lowest BCUT2D eigenvalue weighted by molar-refractivity contribution is 0.0526. The maximum absolute atomic E-state index is 11.6. The van der Waals surface area contributed by atoms with Crippen molar-refractivity contribution in [3.05, 3.63) is 52.0 Å². The molecule has 2 N–H and O–H groups in total. The summed E-state index contributed by atoms with van der Waals surface area (Å²) in [5, 5.41) is 0.685. The first-order chi connectivity index (χ1) is 12.2. The van der Waals surface area contributed by atoms with Crippen molar-refractivity contribution in [2.45, 2.75) is 19.8 Å². The maximum atomic E-state index is 11.6. The zero-order chi connectivity index (χ0) is 17.6. The summed E-state index contributed by atoms with van der Waals surface area (Å²) in [5.74, 6) is -0.274. The largest absolute Gasteiger partial charge is 0.462 e. The first-order valence-corrected chi connectivity index (χ1v) is 9.37. The summed E-state index contributed by atoms with van der Waals surface area (Å²) in [6.45, 7) is 5.14. The van der Waals surface area contributed by atoms with Crippen LogP contribution in [0.4, 0.5) is 5.13 Å². The fourth-order valence-electron chi connectivity index (χ4n) is 2.89. The number of esters is 1. The summed E-state index contributed by atoms with van der Waals surface area (Å²) in [5.41, 5.74) is 8.63. The standard InChI is InChI=1S/C19H23N3O2S/c1-2-24-18(23)15-7-5-14(6-8-15)4-3-11-22-12-9-16-17(10-13-22)25-19(20)21-16/h3-8H,2,9-13H2,1H3,(H2,20,21)/b4-3+. The van der Waals surface area contributed by atoms with Gasteiger partial charge in [-0.15, -0.1) is 11.3 Å². The zero-order valence-electron chi connectivity index (χ0n) is 14.4. The van der Waals surface area contributed by atoms with Gasteiger partial charge in [-0.2, -0.15) is 0 Å². The quantitative estimate of drug-likeness (QED) is 0.833. The summed E-state index contributed by atoms with van der Waals surface area (Å²) in [6, 6.07) is 7.49. The first kappa shape index (κ1) is 17.6. The van der Waals surface area contributed by atoms with Gasteiger partial charge in [-0.1, -0.05) is 24.3 Å². The Kier molecular flexibility index (Phi) is 5.83. The second-order valence-corrected chi connectivity index (χ2v) is 7.08. The number of nitrogens with zero attached hydrogens (tertiary/aromatic N) is 2. The van der Waals surface area contributed by atoms with E-state index in [1.54, 1.807) is 23.5 Å². The van der Waals surface area contributed by atoms with Crippen LogP contribution in [-0.2, 0) is 17.6 Å². The molecule has 1 aromatic carbocycles. The Hall–Kier alpha value is -2.18. The minimum absolute atomic E-state index is 0.274. The van der Waals surface area contributed by atoms with Crippen LogP contribution in [0.15, 0.2) is 30.3 Å². The van der Waals surface area contributed by atoms with Crippen LogP contribution in [0.25, 0.3) is 6.08 Å². The lowest BCUT2D eigenvalue weighted by Gasteiger charge is -2.17. The molecular weight excluding hydrogens is 334 g/mol. The molecule has 6 heteroatoms. The fourth-order valence-corrected chi connectivity index (χ4v) is 3.76. The second-order valence-electron chi connectivity index (χ2n) is 5.97. The van der Waals surface area contributed by atoms with Crippen molar-refractivity contribution >= 4 is 28.5 Å². The molecule has 0 radical (unpaired) electrons. The highest BCUT2D eigenvalue weighted by Gasteiger charge is 2.16. The summed E-state index contributed by atoms with van der Waals surface area (Å²) in [4.78, 5) is 19.8. The number of nitrogen functional groups attached to an aromatic ring is 1. The third-order valence-electron chi connectivity index (χ3n) is 4.21. The van der Waals surface area contributed by atoms with Crippen molar-refractivity contribution in [3.8, 4) is 0 Å². The van der Waals surface area contributed by atoms with Crippen molar-refractivity contribution in [2.75, 3.05) is 32.0 Å². The Morgan fingerprint density at radius 1 is 1.32 bits per heavy atom. The van der Waals surface area contributed by atoms with Crippen LogP contribution in [-0.4, -0.2) is 42.1 Å². The highest BCUT2D eigenvalue weighted by Crippen LogP contribution is 2.24. The SMILES string of the molecule is CCOC(=O)c1ccc(/C=C/CN2CCc3nc(N)sc3CC2)cc1. The molecule has 1 aliphatic heterocycles. The average Bonchev–Trinajstić information content (AvgIpc) is 2.87. The molecule has 3 rings (SSSR count). The average molecular weight is 357 g/mol. The fraction of sp³-hybridized carbons (Fsp3) is 0.368. The lowest BCUT2D eigenvalue weighted by atomic mass is 10.1. The molecule has 0 fully saturated rings. The number of hydrogen-bond donors (Lipinski definition) is 1. The minimum Gasteiger partial charge on any atom is -0.462 e. The van der Waals surface area contributed by atoms with Gasteiger partial charge in [0, 0.05) is 30.9 Å². The maximum Gasteiger partial charge on any atom is 0.338 e. The topological polar surface area (TPSA) is 68.5 Å². The number of fused-ring (bicyclic) bond motifs is 1. The van der Waals surface area contributed by atoms with Gasteiger partial charge in [0.25, 0.3) is 0 Å². The molecule has 1 aliphatic rings. The molecule has 0 unspecified atom stereocenters. The lowest BCUT2D eigenvalue weighted by Crippen LogP contribution is -2.26. The van der Waals surface area contributed by atoms with Gasteiger partial charge in [0.1, 0.15) is 0 Å². The van der Waals surface area contributed by atoms with Crippen LogP contribution >= 0.6 is 11.3 Å². The molecule has 0 aliphatic carbocycles. The molecule has 25 heavy (non-hydrogen) atoms. The molecule has 0 saturated carbocycles. The number of thiazole rings is 1. The van der Waals surface area contributed by atoms with Gasteiger partial charge in [0.2, 0.25) is 0 Å². The van der Waals surface area contributed by atoms with E-state index in [0.29, 0.717) is 17.3 Å². The highest BCUT2D eigenvalue weighted by atomic mass is 32.1. The molecule has 2 aromatic rings. The molecule has 0 atom stereocenters. The molecular formula is C19H23N3O2S. The van der Waals surface area contributed by atoms with Crippen LogP contribution in [0.1, 0.15) is 33.4 Å². The Morgan fingerprint density at radius 3 is 2.84 bits per heavy atom. The van der Waals surface area contributed by atoms with Crippen LogP contribution in [0, 0.1) is 0 Å². The van der Waals surface area contributed by atoms with Crippen molar-refractivity contribution in [3.63, 3.8) is 0 Å². The minimum atomic E-state index is -0.274. The van der Waals surface area contributed by atoms with E-state index in [4.69, 9.17) is 10.5 Å². The van der Waals surface area contributed by atoms with E-state index in [2.05, 4.69) is 22.0 Å². The van der Waals surface area contributed by atoms with Crippen LogP contribution in [0.3, 0.4) is 0 Å². The summed E-state index contributed by atoms with van der Waals surface area (Å²) < 4.78 is 4.99. The predicted molar refractivity (Wildman–Crippen MR) is 102 cm³/mol. The van der Waals surface area contributed by atoms with E-state index in [0.717, 1.165) is 38.0 Å². The van der Waals surface area contributed by atoms with Crippen molar-refractivity contribution < 1.29 is 9.53 Å². The number of ether oxygens (including phenoxy) is 1. The first-order valence-electron chi connectivity index (χ1n) is 8.56. The van der Waals surface area contributed by atoms with E-state index in [9.17, 15) is 4.79 Å². The molecule has 1 aromatic heterocycles. The monoisotopic (exact) mass is 357 g/mol. The van der Waals surface area contributed by atoms with Gasteiger partial charge in [-0.3, -0.25) is 4.90 Å². The Morgan fingerprint density at radius 2 is 2.08 bits per heavy atom. The molecule has 132 valence electrons. The van der Waals surface area contributed by atoms with Crippen LogP contribution < -0.4 is 5.73 Å². The molecule has 0 saturated heterocycles. The van der Waals surface area contributed by atoms with E-state index in [1.165, 1.54) is 10.6 Å². The third-order valence-corrected chi connectivity index (χ3v) is 5.20. The Balaban J connectivity index is 1.51. The van der Waals surface area contributed by atoms with Gasteiger partial charge in [-0.25, -0.2) is 9.78 Å². The van der Waals surface area contributed by atoms with Crippen LogP contribution in [0.2, 0.25) is 0 Å². The number of anilines is 1. The summed E-state index contributed by atoms with van der Waals surface area (Å²) in [7, 11) is 0. The number of carbonyl (C=O) groups is 1. The van der Waals surface area contributed by atoms with Gasteiger partial charge in [0.15, 0.2) is 5.13 Å². The molecule has 2 heterocycles. The van der Waals surface area contributed by atoms with Crippen molar-refractivity contribution in [1.29, 1.82) is 0 Å². The van der Waals surface area contributed by atoms with E-state index >= 15 is 0 Å². The number of aromatic nitrogens is 1. The summed E-state index contributed by atoms with van der Waals surface area (Å²) in [6.07, 6.45) is 6.24. The molecule has 0 bridgehead atoms. The number of benzene rings is 1. The zero-order valence-corrected chi connectivity index (χ0v) is 15.2. The molecule has 0 amide bonds. The predicted octanol–water partition coefficient (Wildman–Crippen LogP) is 3.02. The van der Waals surface area contributed by atoms with E-state index in [1.807, 2.05) is 19.1 Å². The van der Waals surface area contributed by atoms with Crippen LogP contribution in [0.5, 0.6) is 0 Å². The van der Waals surface area contributed by atoms with Gasteiger partial charge >= 0.3 is 5.97 Å². The molecule has 5 nitrogen and oxygen atoms in total. The third kappa shape index (κ3) is 4.67. The van der Waals surface area contributed by atoms with E-state index < -0.39 is 0 Å². The van der Waals surface area contributed by atoms with Gasteiger partial charge < -0.3 is 10.5 Å². The molecule has 0 spiro atoms. The van der Waals surface area contributed by atoms with Gasteiger partial charge in [0.05, 0.1) is 17.9 Å². The van der Waals surface area contributed by atoms with Crippen molar-refractivity contribution in [2.24, 2.45) is 0 Å². The normalized spacial score (nSPS) is 15.1. The number of carbonyl (C=O) groups excluding carboxylic acids is 1. The number of hydrogen-bond acceptors (Lipinski definition) is 6. The number of nitrogens with two attached hydrogens (primary N) is 1. The van der Waals surface area contributed by atoms with Gasteiger partial charge in [-0.05, 0) is 31.0 Å². The van der Waals surface area contributed by atoms with Crippen molar-refractivity contribution in [1.82, 2.24) is 9.88 Å². The highest BCUT2D eigenvalue weighted by molar-refractivity contribution is 7.15. The van der Waals surface area contributed by atoms with E-state index in [-0.39, 0.29) is 5.97 Å². The smallest absolute Gasteiger partial charge is 0.338 e. The number of rotatable bonds is 5.